The summed E-state index contributed by atoms with van der Waals surface area (Å²) in [6.45, 7) is 3.00. The Morgan fingerprint density at radius 1 is 1.00 bits per heavy atom. The van der Waals surface area contributed by atoms with Crippen LogP contribution in [0.3, 0.4) is 0 Å². The summed E-state index contributed by atoms with van der Waals surface area (Å²) in [5.41, 5.74) is 4.43. The third-order valence-corrected chi connectivity index (χ3v) is 9.32. The normalized spacial score (nSPS) is 20.5. The van der Waals surface area contributed by atoms with E-state index in [0.717, 1.165) is 16.7 Å². The zero-order valence-electron chi connectivity index (χ0n) is 20.4. The monoisotopic (exact) mass is 509 g/mol. The number of hydrogen-bond acceptors (Lipinski definition) is 6. The van der Waals surface area contributed by atoms with Crippen LogP contribution < -0.4 is 14.8 Å². The number of nitrogens with zero attached hydrogens (tertiary/aromatic N) is 2. The Hall–Kier alpha value is -2.88. The number of nitrogens with one attached hydrogen (secondary N) is 1. The lowest BCUT2D eigenvalue weighted by Crippen LogP contribution is -2.40. The molecule has 0 spiro atoms. The molecule has 6 rings (SSSR count). The van der Waals surface area contributed by atoms with Gasteiger partial charge in [-0.3, -0.25) is 4.79 Å². The molecule has 0 radical (unpaired) electrons. The van der Waals surface area contributed by atoms with Gasteiger partial charge in [0.2, 0.25) is 15.9 Å². The molecule has 9 heteroatoms. The Kier molecular flexibility index (Phi) is 6.02. The van der Waals surface area contributed by atoms with E-state index < -0.39 is 10.0 Å². The molecule has 3 aliphatic heterocycles. The number of amides is 1. The van der Waals surface area contributed by atoms with Crippen molar-refractivity contribution in [3.8, 4) is 11.5 Å². The van der Waals surface area contributed by atoms with Crippen molar-refractivity contribution in [3.05, 3.63) is 64.7 Å². The van der Waals surface area contributed by atoms with Crippen LogP contribution in [0.2, 0.25) is 0 Å². The highest BCUT2D eigenvalue weighted by molar-refractivity contribution is 7.89. The van der Waals surface area contributed by atoms with Gasteiger partial charge in [-0.05, 0) is 60.2 Å². The molecule has 8 nitrogen and oxygen atoms in total. The highest BCUT2D eigenvalue weighted by Crippen LogP contribution is 2.41. The lowest BCUT2D eigenvalue weighted by molar-refractivity contribution is -0.131. The quantitative estimate of drug-likeness (QED) is 0.577. The lowest BCUT2D eigenvalue weighted by Gasteiger charge is -2.27. The van der Waals surface area contributed by atoms with Crippen molar-refractivity contribution in [1.82, 2.24) is 14.5 Å². The van der Waals surface area contributed by atoms with Crippen LogP contribution in [0.4, 0.5) is 0 Å². The van der Waals surface area contributed by atoms with Crippen LogP contribution in [0.1, 0.15) is 35.8 Å². The standard InChI is InChI=1S/C27H31N3O5S/c1-28-13-24(20-4-2-3-19(11-20)18-5-6-18)27(31)29-14-21-16-30(17-22(21)15-29)36(32,33)23-7-8-25-26(12-23)35-10-9-34-25/h2-4,7-8,11-12,18,24,28H,5-6,9-10,13-17H2,1H3/t24-/m1/s1. The first kappa shape index (κ1) is 23.5. The first-order valence-electron chi connectivity index (χ1n) is 12.6. The Morgan fingerprint density at radius 2 is 1.72 bits per heavy atom. The predicted molar refractivity (Wildman–Crippen MR) is 135 cm³/mol. The summed E-state index contributed by atoms with van der Waals surface area (Å²) in [4.78, 5) is 15.7. The van der Waals surface area contributed by atoms with E-state index in [1.165, 1.54) is 22.7 Å². The van der Waals surface area contributed by atoms with Crippen LogP contribution in [0.5, 0.6) is 11.5 Å². The van der Waals surface area contributed by atoms with E-state index in [2.05, 4.69) is 23.5 Å². The van der Waals surface area contributed by atoms with Crippen molar-refractivity contribution >= 4 is 15.9 Å². The van der Waals surface area contributed by atoms with Crippen molar-refractivity contribution in [2.24, 2.45) is 0 Å². The molecule has 0 bridgehead atoms. The Morgan fingerprint density at radius 3 is 2.42 bits per heavy atom. The van der Waals surface area contributed by atoms with Gasteiger partial charge in [0.1, 0.15) is 13.2 Å². The molecule has 0 saturated heterocycles. The molecule has 4 aliphatic rings. The minimum absolute atomic E-state index is 0.0907. The van der Waals surface area contributed by atoms with E-state index in [1.807, 2.05) is 18.0 Å². The summed E-state index contributed by atoms with van der Waals surface area (Å²) < 4.78 is 39.3. The van der Waals surface area contributed by atoms with E-state index in [1.54, 1.807) is 18.2 Å². The number of rotatable bonds is 7. The van der Waals surface area contributed by atoms with Crippen LogP contribution in [-0.4, -0.2) is 76.5 Å². The van der Waals surface area contributed by atoms with Crippen LogP contribution in [-0.2, 0) is 14.8 Å². The molecule has 1 saturated carbocycles. The molecule has 190 valence electrons. The molecule has 3 heterocycles. The summed E-state index contributed by atoms with van der Waals surface area (Å²) >= 11 is 0. The molecule has 1 N–H and O–H groups in total. The molecule has 0 unspecified atom stereocenters. The number of carbonyl (C=O) groups excluding carboxylic acids is 1. The first-order chi connectivity index (χ1) is 17.4. The smallest absolute Gasteiger partial charge is 0.243 e. The SMILES string of the molecule is CNC[C@@H](C(=O)N1CC2=C(C1)CN(S(=O)(=O)c1ccc3c(c1)OCCO3)C2)c1cccc(C2CC2)c1. The Bertz CT molecular complexity index is 1320. The van der Waals surface area contributed by atoms with Gasteiger partial charge in [0.15, 0.2) is 11.5 Å². The fourth-order valence-corrected chi connectivity index (χ4v) is 6.87. The molecule has 1 aliphatic carbocycles. The van der Waals surface area contributed by atoms with Gasteiger partial charge < -0.3 is 19.7 Å². The average molecular weight is 510 g/mol. The maximum absolute atomic E-state index is 13.6. The molecule has 1 atom stereocenters. The summed E-state index contributed by atoms with van der Waals surface area (Å²) in [6, 6.07) is 13.2. The molecule has 2 aromatic carbocycles. The van der Waals surface area contributed by atoms with E-state index in [0.29, 0.717) is 63.4 Å². The number of likely N-dealkylation sites (N-methyl/N-ethyl adjacent to an activating group) is 1. The van der Waals surface area contributed by atoms with Gasteiger partial charge in [0, 0.05) is 38.8 Å². The van der Waals surface area contributed by atoms with Gasteiger partial charge in [-0.25, -0.2) is 8.42 Å². The van der Waals surface area contributed by atoms with E-state index in [9.17, 15) is 13.2 Å². The van der Waals surface area contributed by atoms with Crippen molar-refractivity contribution in [2.75, 3.05) is 53.0 Å². The van der Waals surface area contributed by atoms with Crippen LogP contribution in [0, 0.1) is 0 Å². The van der Waals surface area contributed by atoms with Crippen LogP contribution in [0.15, 0.2) is 58.5 Å². The Labute approximate surface area is 211 Å². The zero-order valence-corrected chi connectivity index (χ0v) is 21.2. The predicted octanol–water partition coefficient (Wildman–Crippen LogP) is 2.48. The van der Waals surface area contributed by atoms with Crippen molar-refractivity contribution in [3.63, 3.8) is 0 Å². The maximum Gasteiger partial charge on any atom is 0.243 e. The minimum atomic E-state index is -3.68. The highest BCUT2D eigenvalue weighted by Gasteiger charge is 2.39. The van der Waals surface area contributed by atoms with Gasteiger partial charge in [0.25, 0.3) is 0 Å². The fourth-order valence-electron chi connectivity index (χ4n) is 5.42. The molecule has 0 aromatic heterocycles. The first-order valence-corrected chi connectivity index (χ1v) is 14.0. The summed E-state index contributed by atoms with van der Waals surface area (Å²) in [6.07, 6.45) is 2.45. The van der Waals surface area contributed by atoms with E-state index in [4.69, 9.17) is 9.47 Å². The van der Waals surface area contributed by atoms with Crippen molar-refractivity contribution in [1.29, 1.82) is 0 Å². The summed E-state index contributed by atoms with van der Waals surface area (Å²) in [5, 5.41) is 3.18. The van der Waals surface area contributed by atoms with Gasteiger partial charge in [-0.1, -0.05) is 24.3 Å². The second-order valence-corrected chi connectivity index (χ2v) is 12.0. The molecule has 1 fully saturated rings. The zero-order chi connectivity index (χ0) is 24.9. The molecule has 1 amide bonds. The molecule has 36 heavy (non-hydrogen) atoms. The topological polar surface area (TPSA) is 88.2 Å². The summed E-state index contributed by atoms with van der Waals surface area (Å²) in [7, 11) is -1.82. The number of carbonyl (C=O) groups is 1. The second-order valence-electron chi connectivity index (χ2n) is 10.0. The van der Waals surface area contributed by atoms with Gasteiger partial charge in [-0.15, -0.1) is 0 Å². The molecule has 2 aromatic rings. The van der Waals surface area contributed by atoms with Crippen LogP contribution in [0.25, 0.3) is 0 Å². The van der Waals surface area contributed by atoms with Crippen LogP contribution >= 0.6 is 0 Å². The number of benzene rings is 2. The average Bonchev–Trinajstić information content (AvgIpc) is 3.55. The largest absolute Gasteiger partial charge is 0.486 e. The second kappa shape index (κ2) is 9.21. The third-order valence-electron chi connectivity index (χ3n) is 7.53. The molecular weight excluding hydrogens is 478 g/mol. The molecular formula is C27H31N3O5S. The Balaban J connectivity index is 1.14. The van der Waals surface area contributed by atoms with E-state index in [-0.39, 0.29) is 16.7 Å². The van der Waals surface area contributed by atoms with E-state index >= 15 is 0 Å². The lowest BCUT2D eigenvalue weighted by atomic mass is 9.94. The summed E-state index contributed by atoms with van der Waals surface area (Å²) in [5.74, 6) is 1.49. The number of fused-ring (bicyclic) bond motifs is 1. The van der Waals surface area contributed by atoms with Gasteiger partial charge in [0.05, 0.1) is 10.8 Å². The third kappa shape index (κ3) is 4.29. The van der Waals surface area contributed by atoms with Gasteiger partial charge >= 0.3 is 0 Å². The minimum Gasteiger partial charge on any atom is -0.486 e. The maximum atomic E-state index is 13.6. The number of hydrogen-bond donors (Lipinski definition) is 1. The number of sulfonamides is 1. The van der Waals surface area contributed by atoms with Crippen molar-refractivity contribution < 1.29 is 22.7 Å². The van der Waals surface area contributed by atoms with Crippen molar-refractivity contribution in [2.45, 2.75) is 29.6 Å². The fraction of sp³-hybridized carbons (Fsp3) is 0.444. The van der Waals surface area contributed by atoms with Gasteiger partial charge in [-0.2, -0.15) is 4.31 Å². The number of ether oxygens (including phenoxy) is 2. The highest BCUT2D eigenvalue weighted by atomic mass is 32.2.